The van der Waals surface area contributed by atoms with Crippen LogP contribution in [-0.4, -0.2) is 64.7 Å². The lowest BCUT2D eigenvalue weighted by molar-refractivity contribution is -0.132. The van der Waals surface area contributed by atoms with Gasteiger partial charge in [-0.2, -0.15) is 0 Å². The summed E-state index contributed by atoms with van der Waals surface area (Å²) in [7, 11) is 1.92. The minimum Gasteiger partial charge on any atom is -0.491 e. The Kier molecular flexibility index (Phi) is 5.85. The summed E-state index contributed by atoms with van der Waals surface area (Å²) in [5.41, 5.74) is 0.124. The zero-order chi connectivity index (χ0) is 18.4. The van der Waals surface area contributed by atoms with Crippen molar-refractivity contribution in [2.45, 2.75) is 18.6 Å². The number of carbonyl (C=O) groups excluding carboxylic acids is 1. The third-order valence-corrected chi connectivity index (χ3v) is 4.54. The quantitative estimate of drug-likeness (QED) is 0.816. The average molecular weight is 355 g/mol. The van der Waals surface area contributed by atoms with E-state index >= 15 is 0 Å². The summed E-state index contributed by atoms with van der Waals surface area (Å²) in [4.78, 5) is 20.2. The summed E-state index contributed by atoms with van der Waals surface area (Å²) in [5, 5.41) is 10.7. The Labute approximate surface area is 154 Å². The number of aliphatic hydroxyl groups is 1. The van der Waals surface area contributed by atoms with Crippen molar-refractivity contribution in [1.82, 2.24) is 14.8 Å². The normalized spacial score (nSPS) is 19.7. The van der Waals surface area contributed by atoms with Crippen LogP contribution in [0.15, 0.2) is 54.9 Å². The van der Waals surface area contributed by atoms with Crippen LogP contribution in [0.2, 0.25) is 0 Å². The van der Waals surface area contributed by atoms with Gasteiger partial charge in [-0.1, -0.05) is 18.2 Å². The number of pyridine rings is 1. The van der Waals surface area contributed by atoms with E-state index in [0.29, 0.717) is 32.6 Å². The maximum absolute atomic E-state index is 12.5. The third-order valence-electron chi connectivity index (χ3n) is 4.54. The van der Waals surface area contributed by atoms with E-state index in [-0.39, 0.29) is 12.5 Å². The topological polar surface area (TPSA) is 65.9 Å². The molecule has 138 valence electrons. The van der Waals surface area contributed by atoms with E-state index in [1.54, 1.807) is 17.3 Å². The van der Waals surface area contributed by atoms with Gasteiger partial charge in [-0.25, -0.2) is 0 Å². The van der Waals surface area contributed by atoms with Crippen LogP contribution in [0.3, 0.4) is 0 Å². The second kappa shape index (κ2) is 8.29. The minimum absolute atomic E-state index is 0.0252. The van der Waals surface area contributed by atoms with E-state index < -0.39 is 5.60 Å². The zero-order valence-corrected chi connectivity index (χ0v) is 15.0. The second-order valence-corrected chi connectivity index (χ2v) is 6.92. The number of rotatable bonds is 7. The van der Waals surface area contributed by atoms with Crippen LogP contribution in [-0.2, 0) is 11.3 Å². The predicted molar refractivity (Wildman–Crippen MR) is 98.7 cm³/mol. The molecule has 1 amide bonds. The molecule has 0 aliphatic carbocycles. The summed E-state index contributed by atoms with van der Waals surface area (Å²) < 4.78 is 5.68. The molecule has 0 spiro atoms. The Morgan fingerprint density at radius 3 is 2.73 bits per heavy atom. The molecule has 1 aromatic carbocycles. The van der Waals surface area contributed by atoms with Gasteiger partial charge < -0.3 is 14.7 Å². The highest BCUT2D eigenvalue weighted by atomic mass is 16.5. The summed E-state index contributed by atoms with van der Waals surface area (Å²) in [6.45, 7) is 2.05. The standard InChI is InChI=1S/C20H25N3O3/c1-22(13-17-7-10-21-11-8-17)14-19(24)23-12-9-20(25,15-23)16-26-18-5-3-2-4-6-18/h2-8,10-11,25H,9,12-16H2,1H3/t20-/m1/s1. The summed E-state index contributed by atoms with van der Waals surface area (Å²) in [6.07, 6.45) is 4.02. The highest BCUT2D eigenvalue weighted by Crippen LogP contribution is 2.23. The van der Waals surface area contributed by atoms with Crippen molar-refractivity contribution < 1.29 is 14.6 Å². The van der Waals surface area contributed by atoms with Crippen LogP contribution in [0, 0.1) is 0 Å². The first-order valence-electron chi connectivity index (χ1n) is 8.80. The van der Waals surface area contributed by atoms with Crippen LogP contribution < -0.4 is 4.74 Å². The van der Waals surface area contributed by atoms with Crippen molar-refractivity contribution >= 4 is 5.91 Å². The number of hydrogen-bond donors (Lipinski definition) is 1. The molecular weight excluding hydrogens is 330 g/mol. The number of amides is 1. The Morgan fingerprint density at radius 1 is 1.27 bits per heavy atom. The number of aromatic nitrogens is 1. The molecule has 1 saturated heterocycles. The lowest BCUT2D eigenvalue weighted by Crippen LogP contribution is -2.43. The number of likely N-dealkylation sites (tertiary alicyclic amines) is 1. The molecule has 1 aromatic heterocycles. The first-order chi connectivity index (χ1) is 12.5. The van der Waals surface area contributed by atoms with E-state index in [1.165, 1.54) is 0 Å². The van der Waals surface area contributed by atoms with E-state index in [1.807, 2.05) is 54.4 Å². The van der Waals surface area contributed by atoms with Crippen molar-refractivity contribution in [2.24, 2.45) is 0 Å². The van der Waals surface area contributed by atoms with Gasteiger partial charge in [0.15, 0.2) is 0 Å². The Hall–Kier alpha value is -2.44. The number of β-amino-alcohol motifs (C(OH)–C–C–N with tert-alkyl or cyclic N) is 1. The molecule has 0 saturated carbocycles. The highest BCUT2D eigenvalue weighted by Gasteiger charge is 2.39. The van der Waals surface area contributed by atoms with Crippen LogP contribution >= 0.6 is 0 Å². The first kappa shape index (κ1) is 18.4. The number of benzene rings is 1. The van der Waals surface area contributed by atoms with Crippen molar-refractivity contribution in [2.75, 3.05) is 33.3 Å². The van der Waals surface area contributed by atoms with Gasteiger partial charge in [0.25, 0.3) is 0 Å². The van der Waals surface area contributed by atoms with Crippen molar-refractivity contribution in [1.29, 1.82) is 0 Å². The summed E-state index contributed by atoms with van der Waals surface area (Å²) >= 11 is 0. The molecule has 1 fully saturated rings. The number of ether oxygens (including phenoxy) is 1. The molecule has 26 heavy (non-hydrogen) atoms. The predicted octanol–water partition coefficient (Wildman–Crippen LogP) is 1.56. The van der Waals surface area contributed by atoms with Gasteiger partial charge >= 0.3 is 0 Å². The molecule has 0 radical (unpaired) electrons. The fraction of sp³-hybridized carbons (Fsp3) is 0.400. The molecule has 6 heteroatoms. The molecule has 1 aliphatic heterocycles. The molecule has 1 atom stereocenters. The second-order valence-electron chi connectivity index (χ2n) is 6.92. The fourth-order valence-corrected chi connectivity index (χ4v) is 3.11. The van der Waals surface area contributed by atoms with E-state index in [9.17, 15) is 9.90 Å². The molecule has 1 aliphatic rings. The lowest BCUT2D eigenvalue weighted by atomic mass is 10.1. The van der Waals surface area contributed by atoms with Gasteiger partial charge in [0.1, 0.15) is 18.0 Å². The van der Waals surface area contributed by atoms with Crippen molar-refractivity contribution in [3.8, 4) is 5.75 Å². The van der Waals surface area contributed by atoms with Gasteiger partial charge in [-0.15, -0.1) is 0 Å². The Balaban J connectivity index is 1.47. The maximum Gasteiger partial charge on any atom is 0.236 e. The first-order valence-corrected chi connectivity index (χ1v) is 8.80. The number of likely N-dealkylation sites (N-methyl/N-ethyl adjacent to an activating group) is 1. The van der Waals surface area contributed by atoms with Crippen molar-refractivity contribution in [3.05, 3.63) is 60.4 Å². The molecule has 6 nitrogen and oxygen atoms in total. The Bertz CT molecular complexity index is 711. The molecular formula is C20H25N3O3. The van der Waals surface area contributed by atoms with Crippen LogP contribution in [0.1, 0.15) is 12.0 Å². The van der Waals surface area contributed by atoms with Gasteiger partial charge in [0.05, 0.1) is 13.1 Å². The van der Waals surface area contributed by atoms with E-state index in [4.69, 9.17) is 4.74 Å². The minimum atomic E-state index is -0.991. The van der Waals surface area contributed by atoms with Gasteiger partial charge in [0, 0.05) is 25.5 Å². The number of hydrogen-bond acceptors (Lipinski definition) is 5. The van der Waals surface area contributed by atoms with Crippen LogP contribution in [0.4, 0.5) is 0 Å². The van der Waals surface area contributed by atoms with Gasteiger partial charge in [-0.3, -0.25) is 14.7 Å². The van der Waals surface area contributed by atoms with Gasteiger partial charge in [0.2, 0.25) is 5.91 Å². The number of carbonyl (C=O) groups is 1. The SMILES string of the molecule is CN(CC(=O)N1CC[C@](O)(COc2ccccc2)C1)Cc1ccncc1. The van der Waals surface area contributed by atoms with Crippen LogP contribution in [0.25, 0.3) is 0 Å². The Morgan fingerprint density at radius 2 is 2.00 bits per heavy atom. The van der Waals surface area contributed by atoms with E-state index in [2.05, 4.69) is 4.98 Å². The molecule has 2 heterocycles. The number of nitrogens with zero attached hydrogens (tertiary/aromatic N) is 3. The van der Waals surface area contributed by atoms with Crippen LogP contribution in [0.5, 0.6) is 5.75 Å². The third kappa shape index (κ3) is 5.03. The smallest absolute Gasteiger partial charge is 0.236 e. The molecule has 0 unspecified atom stereocenters. The fourth-order valence-electron chi connectivity index (χ4n) is 3.11. The molecule has 1 N–H and O–H groups in total. The maximum atomic E-state index is 12.5. The molecule has 2 aromatic rings. The highest BCUT2D eigenvalue weighted by molar-refractivity contribution is 5.78. The van der Waals surface area contributed by atoms with Crippen molar-refractivity contribution in [3.63, 3.8) is 0 Å². The van der Waals surface area contributed by atoms with E-state index in [0.717, 1.165) is 11.3 Å². The molecule has 3 rings (SSSR count). The number of para-hydroxylation sites is 1. The monoisotopic (exact) mass is 355 g/mol. The summed E-state index contributed by atoms with van der Waals surface area (Å²) in [6, 6.07) is 13.3. The largest absolute Gasteiger partial charge is 0.491 e. The average Bonchev–Trinajstić information content (AvgIpc) is 3.05. The lowest BCUT2D eigenvalue weighted by Gasteiger charge is -2.25. The zero-order valence-electron chi connectivity index (χ0n) is 15.0. The molecule has 0 bridgehead atoms. The summed E-state index contributed by atoms with van der Waals surface area (Å²) in [5.74, 6) is 0.750. The van der Waals surface area contributed by atoms with Gasteiger partial charge in [-0.05, 0) is 43.3 Å².